The SMILES string of the molecule is C[C@H](Cn1cccn1)NC(=O)C[C@@H]1C=CCC1. The summed E-state index contributed by atoms with van der Waals surface area (Å²) in [5.74, 6) is 0.577. The normalized spacial score (nSPS) is 20.4. The number of hydrogen-bond acceptors (Lipinski definition) is 2. The highest BCUT2D eigenvalue weighted by Gasteiger charge is 2.15. The first-order valence-corrected chi connectivity index (χ1v) is 6.17. The Morgan fingerprint density at radius 2 is 2.53 bits per heavy atom. The third kappa shape index (κ3) is 3.73. The lowest BCUT2D eigenvalue weighted by molar-refractivity contribution is -0.122. The van der Waals surface area contributed by atoms with Crippen molar-refractivity contribution in [2.24, 2.45) is 5.92 Å². The van der Waals surface area contributed by atoms with Crippen molar-refractivity contribution in [3.8, 4) is 0 Å². The second kappa shape index (κ2) is 5.66. The van der Waals surface area contributed by atoms with Crippen LogP contribution in [0.1, 0.15) is 26.2 Å². The van der Waals surface area contributed by atoms with E-state index in [-0.39, 0.29) is 11.9 Å². The summed E-state index contributed by atoms with van der Waals surface area (Å²) in [7, 11) is 0. The number of aromatic nitrogens is 2. The van der Waals surface area contributed by atoms with Crippen LogP contribution >= 0.6 is 0 Å². The van der Waals surface area contributed by atoms with Gasteiger partial charge < -0.3 is 5.32 Å². The topological polar surface area (TPSA) is 46.9 Å². The van der Waals surface area contributed by atoms with E-state index in [9.17, 15) is 4.79 Å². The van der Waals surface area contributed by atoms with Crippen molar-refractivity contribution in [2.75, 3.05) is 0 Å². The van der Waals surface area contributed by atoms with Crippen molar-refractivity contribution in [3.05, 3.63) is 30.6 Å². The van der Waals surface area contributed by atoms with Crippen molar-refractivity contribution >= 4 is 5.91 Å². The van der Waals surface area contributed by atoms with Gasteiger partial charge in [0.25, 0.3) is 0 Å². The number of allylic oxidation sites excluding steroid dienone is 2. The predicted molar refractivity (Wildman–Crippen MR) is 66.3 cm³/mol. The summed E-state index contributed by atoms with van der Waals surface area (Å²) >= 11 is 0. The van der Waals surface area contributed by atoms with Gasteiger partial charge >= 0.3 is 0 Å². The maximum absolute atomic E-state index is 11.8. The Labute approximate surface area is 102 Å². The number of carbonyl (C=O) groups excluding carboxylic acids is 1. The summed E-state index contributed by atoms with van der Waals surface area (Å²) in [6.45, 7) is 2.73. The lowest BCUT2D eigenvalue weighted by Crippen LogP contribution is -2.36. The van der Waals surface area contributed by atoms with E-state index >= 15 is 0 Å². The van der Waals surface area contributed by atoms with Gasteiger partial charge in [-0.1, -0.05) is 12.2 Å². The Kier molecular flexibility index (Phi) is 3.96. The Morgan fingerprint density at radius 3 is 3.18 bits per heavy atom. The first-order valence-electron chi connectivity index (χ1n) is 6.17. The lowest BCUT2D eigenvalue weighted by atomic mass is 10.0. The fraction of sp³-hybridized carbons (Fsp3) is 0.538. The van der Waals surface area contributed by atoms with Crippen molar-refractivity contribution in [1.29, 1.82) is 0 Å². The second-order valence-electron chi connectivity index (χ2n) is 4.67. The fourth-order valence-corrected chi connectivity index (χ4v) is 2.17. The van der Waals surface area contributed by atoms with E-state index < -0.39 is 0 Å². The van der Waals surface area contributed by atoms with Gasteiger partial charge in [-0.15, -0.1) is 0 Å². The quantitative estimate of drug-likeness (QED) is 0.787. The largest absolute Gasteiger partial charge is 0.352 e. The summed E-state index contributed by atoms with van der Waals surface area (Å²) < 4.78 is 1.83. The summed E-state index contributed by atoms with van der Waals surface area (Å²) in [5, 5.41) is 7.13. The van der Waals surface area contributed by atoms with Crippen molar-refractivity contribution in [2.45, 2.75) is 38.8 Å². The number of nitrogens with zero attached hydrogens (tertiary/aromatic N) is 2. The molecular formula is C13H19N3O. The molecule has 1 amide bonds. The Morgan fingerprint density at radius 1 is 1.65 bits per heavy atom. The van der Waals surface area contributed by atoms with E-state index in [1.807, 2.05) is 23.9 Å². The van der Waals surface area contributed by atoms with Gasteiger partial charge in [-0.2, -0.15) is 5.10 Å². The van der Waals surface area contributed by atoms with E-state index in [0.717, 1.165) is 19.4 Å². The zero-order valence-electron chi connectivity index (χ0n) is 10.2. The van der Waals surface area contributed by atoms with Crippen LogP contribution in [0, 0.1) is 5.92 Å². The zero-order chi connectivity index (χ0) is 12.1. The van der Waals surface area contributed by atoms with E-state index in [2.05, 4.69) is 22.6 Å². The highest BCUT2D eigenvalue weighted by Crippen LogP contribution is 2.19. The molecule has 1 aliphatic rings. The molecule has 1 aromatic heterocycles. The van der Waals surface area contributed by atoms with E-state index in [1.165, 1.54) is 0 Å². The van der Waals surface area contributed by atoms with Crippen LogP contribution < -0.4 is 5.32 Å². The van der Waals surface area contributed by atoms with Gasteiger partial charge in [0, 0.05) is 24.9 Å². The molecule has 0 aliphatic heterocycles. The van der Waals surface area contributed by atoms with Crippen LogP contribution in [0.2, 0.25) is 0 Å². The monoisotopic (exact) mass is 233 g/mol. The molecule has 0 saturated carbocycles. The Bertz CT molecular complexity index is 383. The molecule has 1 aliphatic carbocycles. The number of amides is 1. The molecule has 4 heteroatoms. The smallest absolute Gasteiger partial charge is 0.220 e. The Balaban J connectivity index is 1.72. The number of carbonyl (C=O) groups is 1. The fourth-order valence-electron chi connectivity index (χ4n) is 2.17. The van der Waals surface area contributed by atoms with E-state index in [4.69, 9.17) is 0 Å². The standard InChI is InChI=1S/C13H19N3O/c1-11(10-16-8-4-7-14-16)15-13(17)9-12-5-2-3-6-12/h2,4-5,7-8,11-12H,3,6,9-10H2,1H3,(H,15,17)/t11-,12-/m1/s1. The Hall–Kier alpha value is -1.58. The third-order valence-electron chi connectivity index (χ3n) is 2.99. The predicted octanol–water partition coefficient (Wildman–Crippen LogP) is 1.74. The molecule has 1 N–H and O–H groups in total. The maximum Gasteiger partial charge on any atom is 0.220 e. The number of nitrogens with one attached hydrogen (secondary N) is 1. The van der Waals surface area contributed by atoms with Crippen molar-refractivity contribution in [1.82, 2.24) is 15.1 Å². The van der Waals surface area contributed by atoms with Crippen LogP contribution in [0.25, 0.3) is 0 Å². The van der Waals surface area contributed by atoms with Crippen molar-refractivity contribution in [3.63, 3.8) is 0 Å². The highest BCUT2D eigenvalue weighted by molar-refractivity contribution is 5.76. The van der Waals surface area contributed by atoms with E-state index in [0.29, 0.717) is 12.3 Å². The average molecular weight is 233 g/mol. The van der Waals surface area contributed by atoms with Crippen LogP contribution in [-0.2, 0) is 11.3 Å². The molecule has 0 spiro atoms. The molecule has 0 bridgehead atoms. The van der Waals surface area contributed by atoms with Gasteiger partial charge in [0.05, 0.1) is 6.54 Å². The van der Waals surface area contributed by atoms with Gasteiger partial charge in [0.15, 0.2) is 0 Å². The third-order valence-corrected chi connectivity index (χ3v) is 2.99. The maximum atomic E-state index is 11.8. The van der Waals surface area contributed by atoms with Crippen LogP contribution in [0.3, 0.4) is 0 Å². The van der Waals surface area contributed by atoms with E-state index in [1.54, 1.807) is 6.20 Å². The zero-order valence-corrected chi connectivity index (χ0v) is 10.2. The van der Waals surface area contributed by atoms with Gasteiger partial charge in [0.2, 0.25) is 5.91 Å². The molecule has 0 saturated heterocycles. The molecule has 0 fully saturated rings. The molecule has 92 valence electrons. The molecule has 2 rings (SSSR count). The van der Waals surface area contributed by atoms with Crippen molar-refractivity contribution < 1.29 is 4.79 Å². The average Bonchev–Trinajstić information content (AvgIpc) is 2.90. The number of rotatable bonds is 5. The van der Waals surface area contributed by atoms with Crippen LogP contribution in [0.4, 0.5) is 0 Å². The van der Waals surface area contributed by atoms with Crippen LogP contribution in [0.5, 0.6) is 0 Å². The molecular weight excluding hydrogens is 214 g/mol. The molecule has 17 heavy (non-hydrogen) atoms. The van der Waals surface area contributed by atoms with Crippen LogP contribution in [-0.4, -0.2) is 21.7 Å². The molecule has 0 unspecified atom stereocenters. The summed E-state index contributed by atoms with van der Waals surface area (Å²) in [4.78, 5) is 11.8. The van der Waals surface area contributed by atoms with Gasteiger partial charge in [-0.25, -0.2) is 0 Å². The second-order valence-corrected chi connectivity index (χ2v) is 4.67. The minimum Gasteiger partial charge on any atom is -0.352 e. The van der Waals surface area contributed by atoms with Gasteiger partial charge in [0.1, 0.15) is 0 Å². The molecule has 0 radical (unpaired) electrons. The van der Waals surface area contributed by atoms with Crippen LogP contribution in [0.15, 0.2) is 30.6 Å². The number of hydrogen-bond donors (Lipinski definition) is 1. The lowest BCUT2D eigenvalue weighted by Gasteiger charge is -2.15. The van der Waals surface area contributed by atoms with Gasteiger partial charge in [-0.05, 0) is 31.7 Å². The molecule has 1 aromatic rings. The van der Waals surface area contributed by atoms with Gasteiger partial charge in [-0.3, -0.25) is 9.48 Å². The summed E-state index contributed by atoms with van der Waals surface area (Å²) in [6.07, 6.45) is 10.8. The molecule has 2 atom stereocenters. The molecule has 4 nitrogen and oxygen atoms in total. The highest BCUT2D eigenvalue weighted by atomic mass is 16.1. The molecule has 0 aromatic carbocycles. The minimum absolute atomic E-state index is 0.118. The summed E-state index contributed by atoms with van der Waals surface area (Å²) in [6, 6.07) is 2.01. The molecule has 1 heterocycles. The minimum atomic E-state index is 0.118. The summed E-state index contributed by atoms with van der Waals surface area (Å²) in [5.41, 5.74) is 0. The first kappa shape index (κ1) is 11.9. The first-order chi connectivity index (χ1) is 8.24.